The predicted octanol–water partition coefficient (Wildman–Crippen LogP) is 0.379. The number of primary sulfonamides is 1. The summed E-state index contributed by atoms with van der Waals surface area (Å²) in [5.74, 6) is -0.291. The van der Waals surface area contributed by atoms with Crippen molar-refractivity contribution >= 4 is 37.3 Å². The SMILES string of the molecule is CS(=O)(=O)c1ccc(SCCS(N)(=O)=O)c([N+](=O)[O-])c1. The lowest BCUT2D eigenvalue weighted by molar-refractivity contribution is -0.388. The number of rotatable bonds is 6. The molecule has 0 aliphatic heterocycles. The van der Waals surface area contributed by atoms with Gasteiger partial charge in [0.15, 0.2) is 9.84 Å². The van der Waals surface area contributed by atoms with Gasteiger partial charge < -0.3 is 0 Å². The number of nitrogens with zero attached hydrogens (tertiary/aromatic N) is 1. The van der Waals surface area contributed by atoms with Gasteiger partial charge in [-0.25, -0.2) is 22.0 Å². The van der Waals surface area contributed by atoms with Gasteiger partial charge in [-0.2, -0.15) is 0 Å². The van der Waals surface area contributed by atoms with Crippen LogP contribution >= 0.6 is 11.8 Å². The molecule has 0 fully saturated rings. The Morgan fingerprint density at radius 2 is 1.90 bits per heavy atom. The normalized spacial score (nSPS) is 12.3. The number of hydrogen-bond donors (Lipinski definition) is 1. The standard InChI is InChI=1S/C9H12N2O6S3/c1-19(14,15)7-2-3-9(8(6-7)11(12)13)18-4-5-20(10,16)17/h2-3,6H,4-5H2,1H3,(H2,10,16,17). The van der Waals surface area contributed by atoms with E-state index in [9.17, 15) is 26.9 Å². The second kappa shape index (κ2) is 6.08. The van der Waals surface area contributed by atoms with Gasteiger partial charge in [0.1, 0.15) is 0 Å². The minimum absolute atomic E-state index is 0.0396. The minimum atomic E-state index is -3.65. The molecule has 0 aliphatic rings. The molecule has 0 unspecified atom stereocenters. The summed E-state index contributed by atoms with van der Waals surface area (Å²) >= 11 is 0.926. The molecule has 112 valence electrons. The van der Waals surface area contributed by atoms with E-state index in [1.54, 1.807) is 0 Å². The lowest BCUT2D eigenvalue weighted by atomic mass is 10.3. The van der Waals surface area contributed by atoms with Crippen molar-refractivity contribution in [1.82, 2.24) is 0 Å². The first-order chi connectivity index (χ1) is 9.00. The number of sulfone groups is 1. The zero-order valence-electron chi connectivity index (χ0n) is 10.3. The monoisotopic (exact) mass is 340 g/mol. The summed E-state index contributed by atoms with van der Waals surface area (Å²) in [4.78, 5) is 10.2. The fourth-order valence-electron chi connectivity index (χ4n) is 1.26. The van der Waals surface area contributed by atoms with E-state index in [0.717, 1.165) is 24.1 Å². The Kier molecular flexibility index (Phi) is 5.13. The fraction of sp³-hybridized carbons (Fsp3) is 0.333. The third-order valence-corrected chi connectivity index (χ3v) is 5.39. The average Bonchev–Trinajstić information content (AvgIpc) is 2.25. The summed E-state index contributed by atoms with van der Waals surface area (Å²) < 4.78 is 44.2. The van der Waals surface area contributed by atoms with Gasteiger partial charge in [0.2, 0.25) is 10.0 Å². The van der Waals surface area contributed by atoms with Gasteiger partial charge in [-0.1, -0.05) is 0 Å². The van der Waals surface area contributed by atoms with Crippen LogP contribution in [0.25, 0.3) is 0 Å². The molecule has 0 amide bonds. The van der Waals surface area contributed by atoms with Crippen LogP contribution in [0.1, 0.15) is 0 Å². The minimum Gasteiger partial charge on any atom is -0.258 e. The van der Waals surface area contributed by atoms with E-state index in [0.29, 0.717) is 0 Å². The zero-order valence-corrected chi connectivity index (χ0v) is 12.8. The van der Waals surface area contributed by atoms with E-state index in [-0.39, 0.29) is 27.0 Å². The molecule has 0 aliphatic carbocycles. The van der Waals surface area contributed by atoms with E-state index in [1.807, 2.05) is 0 Å². The summed E-state index contributed by atoms with van der Waals surface area (Å²) in [5.41, 5.74) is -0.382. The fourth-order valence-corrected chi connectivity index (χ4v) is 3.83. The van der Waals surface area contributed by atoms with Gasteiger partial charge in [0.05, 0.1) is 20.5 Å². The highest BCUT2D eigenvalue weighted by Crippen LogP contribution is 2.31. The van der Waals surface area contributed by atoms with E-state index in [1.165, 1.54) is 12.1 Å². The maximum Gasteiger partial charge on any atom is 0.284 e. The number of sulfonamides is 1. The second-order valence-electron chi connectivity index (χ2n) is 3.87. The Bertz CT molecular complexity index is 726. The number of nitro benzene ring substituents is 1. The van der Waals surface area contributed by atoms with Gasteiger partial charge in [-0.15, -0.1) is 11.8 Å². The van der Waals surface area contributed by atoms with Crippen LogP contribution in [0.4, 0.5) is 5.69 Å². The van der Waals surface area contributed by atoms with Crippen molar-refractivity contribution in [3.63, 3.8) is 0 Å². The molecule has 11 heteroatoms. The van der Waals surface area contributed by atoms with Crippen molar-refractivity contribution in [1.29, 1.82) is 0 Å². The molecule has 0 saturated carbocycles. The van der Waals surface area contributed by atoms with E-state index >= 15 is 0 Å². The summed E-state index contributed by atoms with van der Waals surface area (Å²) in [7, 11) is -7.19. The number of nitro groups is 1. The molecule has 0 radical (unpaired) electrons. The maximum atomic E-state index is 11.3. The summed E-state index contributed by atoms with van der Waals surface area (Å²) in [6.07, 6.45) is 0.944. The van der Waals surface area contributed by atoms with Gasteiger partial charge in [0, 0.05) is 18.1 Å². The molecule has 20 heavy (non-hydrogen) atoms. The average molecular weight is 340 g/mol. The first-order valence-electron chi connectivity index (χ1n) is 5.12. The molecule has 2 N–H and O–H groups in total. The smallest absolute Gasteiger partial charge is 0.258 e. The van der Waals surface area contributed by atoms with Crippen LogP contribution in [0.2, 0.25) is 0 Å². The topological polar surface area (TPSA) is 137 Å². The van der Waals surface area contributed by atoms with Crippen molar-refractivity contribution in [2.45, 2.75) is 9.79 Å². The summed E-state index contributed by atoms with van der Waals surface area (Å²) in [6, 6.07) is 3.47. The first-order valence-corrected chi connectivity index (χ1v) is 9.72. The van der Waals surface area contributed by atoms with Crippen molar-refractivity contribution < 1.29 is 21.8 Å². The van der Waals surface area contributed by atoms with E-state index in [4.69, 9.17) is 5.14 Å². The molecule has 0 aromatic heterocycles. The highest BCUT2D eigenvalue weighted by Gasteiger charge is 2.19. The molecular weight excluding hydrogens is 328 g/mol. The van der Waals surface area contributed by atoms with Gasteiger partial charge in [-0.05, 0) is 12.1 Å². The summed E-state index contributed by atoms with van der Waals surface area (Å²) in [6.45, 7) is 0. The maximum absolute atomic E-state index is 11.3. The van der Waals surface area contributed by atoms with Crippen LogP contribution < -0.4 is 5.14 Å². The molecule has 0 heterocycles. The number of benzene rings is 1. The van der Waals surface area contributed by atoms with Crippen molar-refractivity contribution in [3.05, 3.63) is 28.3 Å². The van der Waals surface area contributed by atoms with E-state index < -0.39 is 24.8 Å². The van der Waals surface area contributed by atoms with Crippen LogP contribution in [-0.4, -0.2) is 39.5 Å². The second-order valence-corrected chi connectivity index (χ2v) is 8.76. The van der Waals surface area contributed by atoms with Crippen molar-refractivity contribution in [2.24, 2.45) is 5.14 Å². The molecule has 0 spiro atoms. The molecular formula is C9H12N2O6S3. The largest absolute Gasteiger partial charge is 0.284 e. The molecule has 1 aromatic carbocycles. The lowest BCUT2D eigenvalue weighted by Crippen LogP contribution is -2.17. The molecule has 0 saturated heterocycles. The van der Waals surface area contributed by atoms with Crippen LogP contribution in [0.3, 0.4) is 0 Å². The molecule has 0 atom stereocenters. The third-order valence-electron chi connectivity index (χ3n) is 2.18. The Balaban J connectivity index is 3.06. The van der Waals surface area contributed by atoms with Gasteiger partial charge in [0.25, 0.3) is 5.69 Å². The Labute approximate surface area is 120 Å². The zero-order chi connectivity index (χ0) is 15.6. The Morgan fingerprint density at radius 1 is 1.30 bits per heavy atom. The van der Waals surface area contributed by atoms with Crippen LogP contribution in [-0.2, 0) is 19.9 Å². The molecule has 1 aromatic rings. The van der Waals surface area contributed by atoms with Gasteiger partial charge >= 0.3 is 0 Å². The molecule has 8 nitrogen and oxygen atoms in total. The number of nitrogens with two attached hydrogens (primary N) is 1. The predicted molar refractivity (Wildman–Crippen MR) is 74.9 cm³/mol. The number of thioether (sulfide) groups is 1. The summed E-state index contributed by atoms with van der Waals surface area (Å²) in [5, 5.41) is 15.7. The Morgan fingerprint density at radius 3 is 2.35 bits per heavy atom. The first kappa shape index (κ1) is 16.9. The van der Waals surface area contributed by atoms with E-state index in [2.05, 4.69) is 0 Å². The number of hydrogen-bond acceptors (Lipinski definition) is 7. The van der Waals surface area contributed by atoms with Crippen molar-refractivity contribution in [3.8, 4) is 0 Å². The third kappa shape index (κ3) is 5.07. The van der Waals surface area contributed by atoms with Crippen molar-refractivity contribution in [2.75, 3.05) is 17.8 Å². The van der Waals surface area contributed by atoms with Crippen LogP contribution in [0, 0.1) is 10.1 Å². The Hall–Kier alpha value is -1.17. The molecule has 0 bridgehead atoms. The van der Waals surface area contributed by atoms with Crippen LogP contribution in [0.5, 0.6) is 0 Å². The lowest BCUT2D eigenvalue weighted by Gasteiger charge is -2.04. The van der Waals surface area contributed by atoms with Gasteiger partial charge in [-0.3, -0.25) is 10.1 Å². The molecule has 1 rings (SSSR count). The highest BCUT2D eigenvalue weighted by atomic mass is 32.2. The van der Waals surface area contributed by atoms with Crippen LogP contribution in [0.15, 0.2) is 28.0 Å². The highest BCUT2D eigenvalue weighted by molar-refractivity contribution is 8.00. The quantitative estimate of drug-likeness (QED) is 0.449.